The molecule has 1 aromatic heterocycles. The van der Waals surface area contributed by atoms with Crippen molar-refractivity contribution in [1.29, 1.82) is 0 Å². The summed E-state index contributed by atoms with van der Waals surface area (Å²) >= 11 is 4.95. The number of hydrogen-bond donors (Lipinski definition) is 2. The summed E-state index contributed by atoms with van der Waals surface area (Å²) in [5.74, 6) is -0.882. The van der Waals surface area contributed by atoms with Crippen LogP contribution in [0.25, 0.3) is 0 Å². The Morgan fingerprint density at radius 1 is 1.38 bits per heavy atom. The Balaban J connectivity index is 2.31. The van der Waals surface area contributed by atoms with Crippen molar-refractivity contribution >= 4 is 44.1 Å². The summed E-state index contributed by atoms with van der Waals surface area (Å²) < 4.78 is 0.967. The highest BCUT2D eigenvalue weighted by Crippen LogP contribution is 2.33. The summed E-state index contributed by atoms with van der Waals surface area (Å²) in [7, 11) is 0. The Morgan fingerprint density at radius 3 is 2.62 bits per heavy atom. The minimum Gasteiger partial charge on any atom is -0.481 e. The fourth-order valence-electron chi connectivity index (χ4n) is 1.91. The van der Waals surface area contributed by atoms with Crippen molar-refractivity contribution in [3.8, 4) is 0 Å². The Hall–Kier alpha value is -1.40. The molecule has 0 bridgehead atoms. The number of thiazole rings is 1. The number of aromatic nitrogens is 1. The lowest BCUT2D eigenvalue weighted by Crippen LogP contribution is -2.28. The SMILES string of the molecule is Cc1cc(C)c(Nc2nc(C(C)(C)C(=O)O)cs2)c(Br)c1. The van der Waals surface area contributed by atoms with E-state index in [0.717, 1.165) is 15.7 Å². The number of benzene rings is 1. The first-order valence-electron chi connectivity index (χ1n) is 6.45. The Kier molecular flexibility index (Phi) is 4.39. The first-order chi connectivity index (χ1) is 9.71. The van der Waals surface area contributed by atoms with Gasteiger partial charge in [-0.05, 0) is 60.8 Å². The number of carboxylic acids is 1. The molecule has 0 spiro atoms. The van der Waals surface area contributed by atoms with Crippen LogP contribution >= 0.6 is 27.3 Å². The highest BCUT2D eigenvalue weighted by Gasteiger charge is 2.32. The molecule has 2 aromatic rings. The van der Waals surface area contributed by atoms with Crippen molar-refractivity contribution in [1.82, 2.24) is 4.98 Å². The van der Waals surface area contributed by atoms with E-state index in [0.29, 0.717) is 10.8 Å². The normalized spacial score (nSPS) is 11.5. The summed E-state index contributed by atoms with van der Waals surface area (Å²) in [4.78, 5) is 15.7. The zero-order valence-corrected chi connectivity index (χ0v) is 14.7. The second kappa shape index (κ2) is 5.77. The highest BCUT2D eigenvalue weighted by atomic mass is 79.9. The molecule has 0 saturated heterocycles. The number of halogens is 1. The molecule has 0 aliphatic rings. The number of nitrogens with one attached hydrogen (secondary N) is 1. The number of carboxylic acid groups (broad SMARTS) is 1. The van der Waals surface area contributed by atoms with Crippen molar-refractivity contribution in [2.75, 3.05) is 5.32 Å². The molecular formula is C15H17BrN2O2S. The van der Waals surface area contributed by atoms with E-state index in [2.05, 4.69) is 32.3 Å². The van der Waals surface area contributed by atoms with Crippen molar-refractivity contribution in [3.63, 3.8) is 0 Å². The summed E-state index contributed by atoms with van der Waals surface area (Å²) in [6, 6.07) is 4.12. The molecule has 2 N–H and O–H groups in total. The molecule has 0 radical (unpaired) electrons. The molecule has 0 unspecified atom stereocenters. The Morgan fingerprint density at radius 2 is 2.05 bits per heavy atom. The van der Waals surface area contributed by atoms with E-state index in [1.165, 1.54) is 16.9 Å². The molecule has 0 atom stereocenters. The van der Waals surface area contributed by atoms with Gasteiger partial charge in [-0.15, -0.1) is 11.3 Å². The predicted molar refractivity (Wildman–Crippen MR) is 89.7 cm³/mol. The van der Waals surface area contributed by atoms with Crippen LogP contribution in [0.5, 0.6) is 0 Å². The van der Waals surface area contributed by atoms with Gasteiger partial charge >= 0.3 is 5.97 Å². The van der Waals surface area contributed by atoms with Crippen LogP contribution in [0.1, 0.15) is 30.7 Å². The van der Waals surface area contributed by atoms with Gasteiger partial charge < -0.3 is 10.4 Å². The first-order valence-corrected chi connectivity index (χ1v) is 8.12. The van der Waals surface area contributed by atoms with Gasteiger partial charge in [0.15, 0.2) is 5.13 Å². The summed E-state index contributed by atoms with van der Waals surface area (Å²) in [5, 5.41) is 15.0. The Labute approximate surface area is 136 Å². The van der Waals surface area contributed by atoms with Crippen LogP contribution in [-0.4, -0.2) is 16.1 Å². The second-order valence-corrected chi connectivity index (χ2v) is 7.24. The van der Waals surface area contributed by atoms with Crippen LogP contribution in [-0.2, 0) is 10.2 Å². The maximum absolute atomic E-state index is 11.3. The van der Waals surface area contributed by atoms with E-state index in [4.69, 9.17) is 0 Å². The standard InChI is InChI=1S/C15H17BrN2O2S/c1-8-5-9(2)12(10(16)6-8)18-14-17-11(7-21-14)15(3,4)13(19)20/h5-7H,1-4H3,(H,17,18)(H,19,20). The third-order valence-electron chi connectivity index (χ3n) is 3.34. The Bertz CT molecular complexity index is 672. The molecule has 6 heteroatoms. The van der Waals surface area contributed by atoms with E-state index < -0.39 is 11.4 Å². The quantitative estimate of drug-likeness (QED) is 0.825. The fourth-order valence-corrected chi connectivity index (χ4v) is 3.56. The highest BCUT2D eigenvalue weighted by molar-refractivity contribution is 9.10. The lowest BCUT2D eigenvalue weighted by molar-refractivity contribution is -0.142. The van der Waals surface area contributed by atoms with Crippen molar-refractivity contribution in [3.05, 3.63) is 38.8 Å². The zero-order valence-electron chi connectivity index (χ0n) is 12.3. The number of nitrogens with zero attached hydrogens (tertiary/aromatic N) is 1. The van der Waals surface area contributed by atoms with Crippen LogP contribution in [0, 0.1) is 13.8 Å². The van der Waals surface area contributed by atoms with E-state index in [1.54, 1.807) is 19.2 Å². The molecule has 112 valence electrons. The number of hydrogen-bond acceptors (Lipinski definition) is 4. The number of aryl methyl sites for hydroxylation is 2. The monoisotopic (exact) mass is 368 g/mol. The average molecular weight is 369 g/mol. The predicted octanol–water partition coefficient (Wildman–Crippen LogP) is 4.63. The van der Waals surface area contributed by atoms with Crippen molar-refractivity contribution in [2.24, 2.45) is 0 Å². The maximum atomic E-state index is 11.3. The third kappa shape index (κ3) is 3.27. The van der Waals surface area contributed by atoms with Crippen LogP contribution in [0.3, 0.4) is 0 Å². The first kappa shape index (κ1) is 16.0. The van der Waals surface area contributed by atoms with E-state index in [1.807, 2.05) is 19.9 Å². The third-order valence-corrected chi connectivity index (χ3v) is 4.73. The lowest BCUT2D eigenvalue weighted by Gasteiger charge is -2.15. The number of anilines is 2. The molecule has 0 saturated carbocycles. The van der Waals surface area contributed by atoms with Gasteiger partial charge in [-0.1, -0.05) is 6.07 Å². The van der Waals surface area contributed by atoms with Crippen LogP contribution in [0.4, 0.5) is 10.8 Å². The number of carbonyl (C=O) groups is 1. The van der Waals surface area contributed by atoms with Gasteiger partial charge in [0.25, 0.3) is 0 Å². The number of rotatable bonds is 4. The molecule has 4 nitrogen and oxygen atoms in total. The molecule has 0 aliphatic heterocycles. The van der Waals surface area contributed by atoms with Gasteiger partial charge in [-0.2, -0.15) is 0 Å². The fraction of sp³-hybridized carbons (Fsp3) is 0.333. The minimum atomic E-state index is -0.990. The van der Waals surface area contributed by atoms with Crippen LogP contribution in [0.2, 0.25) is 0 Å². The van der Waals surface area contributed by atoms with Gasteiger partial charge in [0.05, 0.1) is 11.4 Å². The average Bonchev–Trinajstić information content (AvgIpc) is 2.82. The van der Waals surface area contributed by atoms with E-state index >= 15 is 0 Å². The second-order valence-electron chi connectivity index (χ2n) is 5.53. The molecule has 1 heterocycles. The molecule has 21 heavy (non-hydrogen) atoms. The molecule has 2 rings (SSSR count). The molecular weight excluding hydrogens is 352 g/mol. The van der Waals surface area contributed by atoms with E-state index in [-0.39, 0.29) is 0 Å². The van der Waals surface area contributed by atoms with Gasteiger partial charge in [-0.25, -0.2) is 4.98 Å². The molecule has 0 amide bonds. The molecule has 0 aliphatic carbocycles. The van der Waals surface area contributed by atoms with Crippen molar-refractivity contribution < 1.29 is 9.90 Å². The van der Waals surface area contributed by atoms with Crippen LogP contribution in [0.15, 0.2) is 22.0 Å². The van der Waals surface area contributed by atoms with Gasteiger partial charge in [-0.3, -0.25) is 4.79 Å². The topological polar surface area (TPSA) is 62.2 Å². The van der Waals surface area contributed by atoms with Crippen LogP contribution < -0.4 is 5.32 Å². The summed E-state index contributed by atoms with van der Waals surface area (Å²) in [6.45, 7) is 7.37. The minimum absolute atomic E-state index is 0.559. The summed E-state index contributed by atoms with van der Waals surface area (Å²) in [5.41, 5.74) is 2.81. The van der Waals surface area contributed by atoms with Crippen molar-refractivity contribution in [2.45, 2.75) is 33.1 Å². The molecule has 0 fully saturated rings. The summed E-state index contributed by atoms with van der Waals surface area (Å²) in [6.07, 6.45) is 0. The number of aliphatic carboxylic acids is 1. The molecule has 1 aromatic carbocycles. The largest absolute Gasteiger partial charge is 0.481 e. The van der Waals surface area contributed by atoms with Gasteiger partial charge in [0.1, 0.15) is 5.41 Å². The van der Waals surface area contributed by atoms with E-state index in [9.17, 15) is 9.90 Å². The lowest BCUT2D eigenvalue weighted by atomic mass is 9.90. The van der Waals surface area contributed by atoms with Gasteiger partial charge in [0.2, 0.25) is 0 Å². The zero-order chi connectivity index (χ0) is 15.8. The smallest absolute Gasteiger partial charge is 0.315 e. The maximum Gasteiger partial charge on any atom is 0.315 e. The van der Waals surface area contributed by atoms with Gasteiger partial charge in [0, 0.05) is 9.85 Å².